The molecule has 1 fully saturated rings. The van der Waals surface area contributed by atoms with Crippen LogP contribution in [0.1, 0.15) is 26.0 Å². The zero-order valence-corrected chi connectivity index (χ0v) is 13.3. The second-order valence-corrected chi connectivity index (χ2v) is 6.58. The van der Waals surface area contributed by atoms with E-state index in [4.69, 9.17) is 27.4 Å². The topological polar surface area (TPSA) is 112 Å². The Kier molecular flexibility index (Phi) is 3.98. The van der Waals surface area contributed by atoms with Crippen molar-refractivity contribution in [2.75, 3.05) is 12.3 Å². The van der Waals surface area contributed by atoms with E-state index in [1.165, 1.54) is 18.3 Å². The average molecular weight is 342 g/mol. The Morgan fingerprint density at radius 1 is 1.64 bits per heavy atom. The van der Waals surface area contributed by atoms with Gasteiger partial charge in [0.1, 0.15) is 17.5 Å². The molecule has 0 aliphatic carbocycles. The number of rotatable bonds is 3. The summed E-state index contributed by atoms with van der Waals surface area (Å²) in [6.45, 7) is 1.56. The van der Waals surface area contributed by atoms with E-state index < -0.39 is 0 Å². The number of fused-ring (bicyclic) bond motifs is 1. The van der Waals surface area contributed by atoms with Crippen molar-refractivity contribution in [2.24, 2.45) is 0 Å². The summed E-state index contributed by atoms with van der Waals surface area (Å²) >= 11 is 6.49. The minimum atomic E-state index is -0.342. The highest BCUT2D eigenvalue weighted by Crippen LogP contribution is 2.33. The molecule has 3 rings (SSSR count). The van der Waals surface area contributed by atoms with Gasteiger partial charge in [0, 0.05) is 6.92 Å². The van der Waals surface area contributed by atoms with Gasteiger partial charge in [-0.2, -0.15) is 4.98 Å². The van der Waals surface area contributed by atoms with Crippen molar-refractivity contribution in [3.8, 4) is 0 Å². The molecule has 0 aromatic carbocycles. The maximum atomic E-state index is 11.9. The first-order valence-corrected chi connectivity index (χ1v) is 7.88. The number of carbonyl (C=O) groups excluding carboxylic acids is 1. The molecule has 1 saturated heterocycles. The number of nitrogens with two attached hydrogens (primary N) is 1. The maximum Gasteiger partial charge on any atom is 0.302 e. The highest BCUT2D eigenvalue weighted by atomic mass is 32.1. The van der Waals surface area contributed by atoms with Gasteiger partial charge in [-0.1, -0.05) is 11.3 Å². The normalized spacial score (nSPS) is 21.3. The number of hydrogen-bond donors (Lipinski definition) is 2. The number of nitrogens with one attached hydrogen (secondary N) is 1. The van der Waals surface area contributed by atoms with Gasteiger partial charge in [-0.3, -0.25) is 19.1 Å². The van der Waals surface area contributed by atoms with Crippen molar-refractivity contribution in [3.63, 3.8) is 0 Å². The van der Waals surface area contributed by atoms with E-state index in [-0.39, 0.29) is 36.4 Å². The van der Waals surface area contributed by atoms with Crippen molar-refractivity contribution >= 4 is 45.8 Å². The molecule has 0 radical (unpaired) electrons. The van der Waals surface area contributed by atoms with Gasteiger partial charge < -0.3 is 15.2 Å². The Hall–Kier alpha value is -1.78. The molecule has 0 bridgehead atoms. The van der Waals surface area contributed by atoms with Crippen LogP contribution in [0, 0.1) is 3.95 Å². The van der Waals surface area contributed by atoms with E-state index in [0.717, 1.165) is 6.42 Å². The second kappa shape index (κ2) is 5.78. The van der Waals surface area contributed by atoms with Crippen molar-refractivity contribution in [2.45, 2.75) is 32.1 Å². The molecule has 1 aliphatic heterocycles. The van der Waals surface area contributed by atoms with Gasteiger partial charge in [0.2, 0.25) is 5.95 Å². The van der Waals surface area contributed by atoms with Crippen LogP contribution in [0.2, 0.25) is 0 Å². The minimum absolute atomic E-state index is 0.0357. The third kappa shape index (κ3) is 2.76. The van der Waals surface area contributed by atoms with Crippen LogP contribution >= 0.6 is 23.6 Å². The van der Waals surface area contributed by atoms with E-state index in [0.29, 0.717) is 20.7 Å². The Labute approximate surface area is 133 Å². The van der Waals surface area contributed by atoms with Crippen molar-refractivity contribution in [3.05, 3.63) is 14.3 Å². The molecule has 0 spiro atoms. The molecule has 3 heterocycles. The fourth-order valence-corrected chi connectivity index (χ4v) is 3.72. The standard InChI is InChI=1S/C12H14N4O4S2/c1-5(17)19-4-6-2-3-7(20-6)16-9-8(22-12(16)21)10(18)15-11(13)14-9/h6-7H,2-4H2,1H3,(H3,13,14,15,18)/t6-,7+/m0/s1. The number of nitrogen functional groups attached to an aromatic ring is 1. The molecule has 0 unspecified atom stereocenters. The molecule has 22 heavy (non-hydrogen) atoms. The maximum absolute atomic E-state index is 11.9. The first kappa shape index (κ1) is 15.1. The second-order valence-electron chi connectivity index (χ2n) is 4.93. The van der Waals surface area contributed by atoms with E-state index in [9.17, 15) is 9.59 Å². The number of anilines is 1. The first-order chi connectivity index (χ1) is 10.5. The summed E-state index contributed by atoms with van der Waals surface area (Å²) in [6.07, 6.45) is 0.900. The van der Waals surface area contributed by atoms with Crippen molar-refractivity contribution < 1.29 is 14.3 Å². The molecular weight excluding hydrogens is 328 g/mol. The fourth-order valence-electron chi connectivity index (χ4n) is 2.41. The largest absolute Gasteiger partial charge is 0.463 e. The third-order valence-electron chi connectivity index (χ3n) is 3.34. The molecule has 118 valence electrons. The number of carbonyl (C=O) groups is 1. The molecule has 8 nitrogen and oxygen atoms in total. The summed E-state index contributed by atoms with van der Waals surface area (Å²) in [5.74, 6) is -0.306. The number of thiazole rings is 1. The Balaban J connectivity index is 1.91. The lowest BCUT2D eigenvalue weighted by atomic mass is 10.2. The highest BCUT2D eigenvalue weighted by Gasteiger charge is 2.29. The molecule has 3 N–H and O–H groups in total. The summed E-state index contributed by atoms with van der Waals surface area (Å²) in [5, 5.41) is 0. The van der Waals surface area contributed by atoms with Gasteiger partial charge in [0.15, 0.2) is 9.60 Å². The molecule has 10 heteroatoms. The number of ether oxygens (including phenoxy) is 2. The fraction of sp³-hybridized carbons (Fsp3) is 0.500. The SMILES string of the molecule is CC(=O)OC[C@@H]1CC[C@H](n2c(=S)sc3c(=O)[nH]c(N)nc32)O1. The smallest absolute Gasteiger partial charge is 0.302 e. The molecule has 2 atom stereocenters. The summed E-state index contributed by atoms with van der Waals surface area (Å²) in [5.41, 5.74) is 5.71. The first-order valence-electron chi connectivity index (χ1n) is 6.65. The number of aromatic amines is 1. The van der Waals surface area contributed by atoms with E-state index in [1.807, 2.05) is 0 Å². The summed E-state index contributed by atoms with van der Waals surface area (Å²) in [7, 11) is 0. The van der Waals surface area contributed by atoms with Gasteiger partial charge in [0.05, 0.1) is 6.10 Å². The number of nitrogens with zero attached hydrogens (tertiary/aromatic N) is 2. The monoisotopic (exact) mass is 342 g/mol. The summed E-state index contributed by atoms with van der Waals surface area (Å²) in [4.78, 5) is 29.4. The van der Waals surface area contributed by atoms with Crippen molar-refractivity contribution in [1.82, 2.24) is 14.5 Å². The molecule has 1 aliphatic rings. The Morgan fingerprint density at radius 2 is 2.41 bits per heavy atom. The number of aromatic nitrogens is 3. The molecule has 2 aromatic heterocycles. The predicted molar refractivity (Wildman–Crippen MR) is 83.3 cm³/mol. The van der Waals surface area contributed by atoms with Gasteiger partial charge >= 0.3 is 5.97 Å². The Bertz CT molecular complexity index is 840. The lowest BCUT2D eigenvalue weighted by Crippen LogP contribution is -2.19. The van der Waals surface area contributed by atoms with Crippen LogP contribution in [0.5, 0.6) is 0 Å². The molecule has 2 aromatic rings. The molecular formula is C12H14N4O4S2. The van der Waals surface area contributed by atoms with Crippen LogP contribution in [-0.2, 0) is 14.3 Å². The molecule has 0 saturated carbocycles. The van der Waals surface area contributed by atoms with Gasteiger partial charge in [-0.15, -0.1) is 0 Å². The zero-order valence-electron chi connectivity index (χ0n) is 11.7. The summed E-state index contributed by atoms with van der Waals surface area (Å²) < 4.78 is 13.4. The van der Waals surface area contributed by atoms with Crippen LogP contribution in [0.25, 0.3) is 10.3 Å². The van der Waals surface area contributed by atoms with Crippen LogP contribution in [0.15, 0.2) is 4.79 Å². The number of esters is 1. The third-order valence-corrected chi connectivity index (χ3v) is 4.73. The van der Waals surface area contributed by atoms with Crippen LogP contribution in [-0.4, -0.2) is 33.2 Å². The van der Waals surface area contributed by atoms with Crippen molar-refractivity contribution in [1.29, 1.82) is 0 Å². The zero-order chi connectivity index (χ0) is 15.9. The number of H-pyrrole nitrogens is 1. The summed E-state index contributed by atoms with van der Waals surface area (Å²) in [6, 6.07) is 0. The minimum Gasteiger partial charge on any atom is -0.463 e. The van der Waals surface area contributed by atoms with Gasteiger partial charge in [-0.25, -0.2) is 0 Å². The lowest BCUT2D eigenvalue weighted by Gasteiger charge is -2.15. The molecule has 0 amide bonds. The van der Waals surface area contributed by atoms with Crippen LogP contribution in [0.3, 0.4) is 0 Å². The lowest BCUT2D eigenvalue weighted by molar-refractivity contribution is -0.145. The van der Waals surface area contributed by atoms with E-state index in [1.54, 1.807) is 4.57 Å². The van der Waals surface area contributed by atoms with Gasteiger partial charge in [0.25, 0.3) is 5.56 Å². The highest BCUT2D eigenvalue weighted by molar-refractivity contribution is 7.73. The van der Waals surface area contributed by atoms with Crippen LogP contribution < -0.4 is 11.3 Å². The Morgan fingerprint density at radius 3 is 3.14 bits per heavy atom. The van der Waals surface area contributed by atoms with E-state index >= 15 is 0 Å². The van der Waals surface area contributed by atoms with Gasteiger partial charge in [-0.05, 0) is 25.1 Å². The van der Waals surface area contributed by atoms with E-state index in [2.05, 4.69) is 9.97 Å². The predicted octanol–water partition coefficient (Wildman–Crippen LogP) is 1.34. The average Bonchev–Trinajstić information content (AvgIpc) is 3.00. The van der Waals surface area contributed by atoms with Crippen LogP contribution in [0.4, 0.5) is 5.95 Å². The number of hydrogen-bond acceptors (Lipinski definition) is 8. The quantitative estimate of drug-likeness (QED) is 0.639.